The number of carbonyl (C=O) groups is 2. The summed E-state index contributed by atoms with van der Waals surface area (Å²) < 4.78 is 23.9. The van der Waals surface area contributed by atoms with Crippen molar-refractivity contribution >= 4 is 11.9 Å². The maximum Gasteiger partial charge on any atom is 0.338 e. The third-order valence-corrected chi connectivity index (χ3v) is 8.73. The van der Waals surface area contributed by atoms with Gasteiger partial charge in [0.25, 0.3) is 0 Å². The van der Waals surface area contributed by atoms with Crippen molar-refractivity contribution in [2.75, 3.05) is 14.2 Å². The molecule has 0 unspecified atom stereocenters. The summed E-state index contributed by atoms with van der Waals surface area (Å²) >= 11 is 0. The number of benzene rings is 1. The quantitative estimate of drug-likeness (QED) is 0.567. The molecule has 150 valence electrons. The van der Waals surface area contributed by atoms with Crippen molar-refractivity contribution in [3.63, 3.8) is 0 Å². The maximum absolute atomic E-state index is 13.4. The highest BCUT2D eigenvalue weighted by molar-refractivity contribution is 5.90. The molecule has 3 saturated heterocycles. The van der Waals surface area contributed by atoms with Gasteiger partial charge in [-0.1, -0.05) is 36.4 Å². The zero-order valence-corrected chi connectivity index (χ0v) is 16.2. The summed E-state index contributed by atoms with van der Waals surface area (Å²) in [6.07, 6.45) is 4.82. The number of hydrogen-bond acceptors (Lipinski definition) is 6. The molecule has 6 heteroatoms. The Kier molecular flexibility index (Phi) is 2.82. The molecule has 1 aromatic carbocycles. The molecular formula is C23H22O6. The van der Waals surface area contributed by atoms with Crippen LogP contribution in [0.2, 0.25) is 0 Å². The first-order chi connectivity index (χ1) is 14.1. The van der Waals surface area contributed by atoms with E-state index in [2.05, 4.69) is 24.3 Å². The van der Waals surface area contributed by atoms with Crippen LogP contribution in [0.3, 0.4) is 0 Å². The fraction of sp³-hybridized carbons (Fsp3) is 0.565. The number of hydrogen-bond donors (Lipinski definition) is 0. The molecule has 4 aliphatic heterocycles. The average Bonchev–Trinajstić information content (AvgIpc) is 3.56. The van der Waals surface area contributed by atoms with Crippen LogP contribution in [0.15, 0.2) is 36.4 Å². The summed E-state index contributed by atoms with van der Waals surface area (Å²) in [4.78, 5) is 26.8. The molecule has 0 N–H and O–H groups in total. The summed E-state index contributed by atoms with van der Waals surface area (Å²) in [6, 6.07) is 8.12. The second-order valence-corrected chi connectivity index (χ2v) is 9.33. The van der Waals surface area contributed by atoms with Gasteiger partial charge in [-0.2, -0.15) is 0 Å². The van der Waals surface area contributed by atoms with Gasteiger partial charge < -0.3 is 18.9 Å². The Labute approximate surface area is 168 Å². The predicted molar refractivity (Wildman–Crippen MR) is 98.3 cm³/mol. The molecule has 6 aliphatic rings. The lowest BCUT2D eigenvalue weighted by atomic mass is 9.51. The van der Waals surface area contributed by atoms with E-state index in [1.165, 1.54) is 14.2 Å². The zero-order chi connectivity index (χ0) is 19.7. The van der Waals surface area contributed by atoms with Crippen LogP contribution in [0, 0.1) is 35.5 Å². The standard InChI is InChI=1S/C23H22O6/c1-26-20(24)22-14-10-7-8-11(9-10)15(14)23(29-22,21(25)27-2)17-16(22)18-12-5-3-4-6-13(12)19(17)28-18/h3-8,10-11,14-19H,9H2,1-2H3/t10-,11+,14+,15-,16-,17+,18+,19-,22+,23-. The van der Waals surface area contributed by atoms with Gasteiger partial charge in [0.15, 0.2) is 11.2 Å². The molecule has 6 nitrogen and oxygen atoms in total. The summed E-state index contributed by atoms with van der Waals surface area (Å²) in [7, 11) is 2.82. The molecule has 4 heterocycles. The van der Waals surface area contributed by atoms with Gasteiger partial charge in [-0.3, -0.25) is 0 Å². The molecule has 0 aromatic heterocycles. The van der Waals surface area contributed by atoms with Crippen LogP contribution in [-0.2, 0) is 28.5 Å². The van der Waals surface area contributed by atoms with Crippen molar-refractivity contribution in [1.29, 1.82) is 0 Å². The third kappa shape index (κ3) is 1.47. The Morgan fingerprint density at radius 3 is 1.79 bits per heavy atom. The van der Waals surface area contributed by atoms with Gasteiger partial charge in [-0.05, 0) is 29.4 Å². The van der Waals surface area contributed by atoms with E-state index in [4.69, 9.17) is 18.9 Å². The Bertz CT molecular complexity index is 926. The molecular weight excluding hydrogens is 372 g/mol. The monoisotopic (exact) mass is 394 g/mol. The Hall–Kier alpha value is -2.18. The SMILES string of the molecule is COC(=O)[C@@]12O[C@@](C(=O)OC)([C@H]3[C@@H]1[C@H]1O[C@@H]3c3ccccc31)[C@H]1[C@@H]2[C@@H]2C=C[C@H]1C2. The molecule has 0 radical (unpaired) electrons. The molecule has 7 rings (SSSR count). The van der Waals surface area contributed by atoms with E-state index in [1.54, 1.807) is 0 Å². The highest BCUT2D eigenvalue weighted by Gasteiger charge is 2.89. The summed E-state index contributed by atoms with van der Waals surface area (Å²) in [5.41, 5.74) is -0.132. The maximum atomic E-state index is 13.4. The summed E-state index contributed by atoms with van der Waals surface area (Å²) in [5.74, 6) is -0.982. The normalized spacial score (nSPS) is 51.1. The molecule has 1 aromatic rings. The van der Waals surface area contributed by atoms with Crippen molar-refractivity contribution in [2.45, 2.75) is 29.8 Å². The van der Waals surface area contributed by atoms with Gasteiger partial charge in [-0.25, -0.2) is 9.59 Å². The van der Waals surface area contributed by atoms with E-state index >= 15 is 0 Å². The van der Waals surface area contributed by atoms with E-state index in [0.29, 0.717) is 0 Å². The highest BCUT2D eigenvalue weighted by Crippen LogP contribution is 2.80. The third-order valence-electron chi connectivity index (χ3n) is 8.73. The van der Waals surface area contributed by atoms with Crippen molar-refractivity contribution in [1.82, 2.24) is 0 Å². The molecule has 0 spiro atoms. The van der Waals surface area contributed by atoms with Crippen LogP contribution in [0.1, 0.15) is 29.8 Å². The molecule has 1 saturated carbocycles. The second-order valence-electron chi connectivity index (χ2n) is 9.33. The number of fused-ring (bicyclic) bond motifs is 19. The van der Waals surface area contributed by atoms with Crippen LogP contribution < -0.4 is 0 Å². The summed E-state index contributed by atoms with van der Waals surface area (Å²) in [6.45, 7) is 0. The fourth-order valence-electron chi connectivity index (χ4n) is 8.18. The minimum Gasteiger partial charge on any atom is -0.467 e. The van der Waals surface area contributed by atoms with Crippen LogP contribution in [0.5, 0.6) is 0 Å². The van der Waals surface area contributed by atoms with Crippen LogP contribution in [-0.4, -0.2) is 37.4 Å². The minimum atomic E-state index is -1.17. The average molecular weight is 394 g/mol. The Morgan fingerprint density at radius 2 is 1.34 bits per heavy atom. The highest BCUT2D eigenvalue weighted by atomic mass is 16.6. The van der Waals surface area contributed by atoms with Gasteiger partial charge in [0.05, 0.1) is 26.4 Å². The largest absolute Gasteiger partial charge is 0.467 e. The molecule has 4 fully saturated rings. The number of carbonyl (C=O) groups excluding carboxylic acids is 2. The van der Waals surface area contributed by atoms with Crippen LogP contribution in [0.25, 0.3) is 0 Å². The van der Waals surface area contributed by atoms with Crippen molar-refractivity contribution in [3.05, 3.63) is 47.5 Å². The van der Waals surface area contributed by atoms with Gasteiger partial charge >= 0.3 is 11.9 Å². The molecule has 0 amide bonds. The van der Waals surface area contributed by atoms with Crippen molar-refractivity contribution in [2.24, 2.45) is 35.5 Å². The van der Waals surface area contributed by atoms with Gasteiger partial charge in [0.2, 0.25) is 0 Å². The number of methoxy groups -OCH3 is 2. The molecule has 10 atom stereocenters. The van der Waals surface area contributed by atoms with E-state index in [-0.39, 0.29) is 59.7 Å². The number of allylic oxidation sites excluding steroid dienone is 2. The lowest BCUT2D eigenvalue weighted by molar-refractivity contribution is -0.193. The second kappa shape index (κ2) is 4.93. The van der Waals surface area contributed by atoms with Gasteiger partial charge in [-0.15, -0.1) is 0 Å². The first kappa shape index (κ1) is 16.6. The predicted octanol–water partition coefficient (Wildman–Crippen LogP) is 2.35. The minimum absolute atomic E-state index is 0.0830. The van der Waals surface area contributed by atoms with Crippen molar-refractivity contribution in [3.8, 4) is 0 Å². The molecule has 2 aliphatic carbocycles. The van der Waals surface area contributed by atoms with Crippen molar-refractivity contribution < 1.29 is 28.5 Å². The first-order valence-electron chi connectivity index (χ1n) is 10.4. The van der Waals surface area contributed by atoms with E-state index < -0.39 is 11.2 Å². The Morgan fingerprint density at radius 1 is 0.862 bits per heavy atom. The lowest BCUT2D eigenvalue weighted by Gasteiger charge is -2.46. The molecule has 29 heavy (non-hydrogen) atoms. The Balaban J connectivity index is 1.52. The number of ether oxygens (including phenoxy) is 4. The van der Waals surface area contributed by atoms with E-state index in [9.17, 15) is 9.59 Å². The lowest BCUT2D eigenvalue weighted by Crippen LogP contribution is -2.60. The first-order valence-corrected chi connectivity index (χ1v) is 10.4. The topological polar surface area (TPSA) is 71.1 Å². The fourth-order valence-corrected chi connectivity index (χ4v) is 8.18. The smallest absolute Gasteiger partial charge is 0.338 e. The van der Waals surface area contributed by atoms with Gasteiger partial charge in [0.1, 0.15) is 0 Å². The summed E-state index contributed by atoms with van der Waals surface area (Å²) in [5, 5.41) is 0. The zero-order valence-electron chi connectivity index (χ0n) is 16.2. The van der Waals surface area contributed by atoms with Gasteiger partial charge in [0, 0.05) is 23.7 Å². The molecule has 6 bridgehead atoms. The van der Waals surface area contributed by atoms with Crippen LogP contribution in [0.4, 0.5) is 0 Å². The number of esters is 2. The van der Waals surface area contributed by atoms with E-state index in [1.807, 2.05) is 12.1 Å². The van der Waals surface area contributed by atoms with E-state index in [0.717, 1.165) is 17.5 Å². The number of rotatable bonds is 2. The van der Waals surface area contributed by atoms with Crippen LogP contribution >= 0.6 is 0 Å².